The fourth-order valence-electron chi connectivity index (χ4n) is 2.92. The molecule has 2 aromatic heterocycles. The Morgan fingerprint density at radius 3 is 2.90 bits per heavy atom. The zero-order chi connectivity index (χ0) is 15.0. The van der Waals surface area contributed by atoms with Crippen LogP contribution in [0.15, 0.2) is 10.6 Å². The van der Waals surface area contributed by atoms with Crippen LogP contribution in [0, 0.1) is 13.8 Å². The normalized spacial score (nSPS) is 22.4. The smallest absolute Gasteiger partial charge is 0.258 e. The second-order valence-corrected chi connectivity index (χ2v) is 5.69. The van der Waals surface area contributed by atoms with Crippen LogP contribution in [0.3, 0.4) is 0 Å². The third-order valence-corrected chi connectivity index (χ3v) is 4.04. The molecule has 21 heavy (non-hydrogen) atoms. The second kappa shape index (κ2) is 5.44. The molecule has 1 amide bonds. The minimum atomic E-state index is -0.468. The molecule has 2 atom stereocenters. The SMILES string of the molecule is Cc1cc(C(=O)N[C@@H]2CCCC[C@H]2O)c2c(C)noc2n1. The van der Waals surface area contributed by atoms with E-state index in [9.17, 15) is 9.90 Å². The number of hydrogen-bond donors (Lipinski definition) is 2. The van der Waals surface area contributed by atoms with Gasteiger partial charge in [-0.05, 0) is 32.8 Å². The maximum Gasteiger partial charge on any atom is 0.258 e. The van der Waals surface area contributed by atoms with Gasteiger partial charge in [-0.2, -0.15) is 0 Å². The molecule has 1 fully saturated rings. The lowest BCUT2D eigenvalue weighted by atomic mass is 9.92. The van der Waals surface area contributed by atoms with Gasteiger partial charge in [-0.25, -0.2) is 4.98 Å². The van der Waals surface area contributed by atoms with E-state index < -0.39 is 6.10 Å². The average Bonchev–Trinajstić information content (AvgIpc) is 2.82. The Balaban J connectivity index is 1.92. The Kier molecular flexibility index (Phi) is 3.63. The second-order valence-electron chi connectivity index (χ2n) is 5.69. The van der Waals surface area contributed by atoms with Crippen molar-refractivity contribution in [2.24, 2.45) is 0 Å². The highest BCUT2D eigenvalue weighted by atomic mass is 16.5. The van der Waals surface area contributed by atoms with Gasteiger partial charge < -0.3 is 14.9 Å². The number of nitrogens with one attached hydrogen (secondary N) is 1. The van der Waals surface area contributed by atoms with Crippen molar-refractivity contribution in [1.29, 1.82) is 0 Å². The summed E-state index contributed by atoms with van der Waals surface area (Å²) >= 11 is 0. The summed E-state index contributed by atoms with van der Waals surface area (Å²) in [6.07, 6.45) is 3.12. The van der Waals surface area contributed by atoms with Crippen molar-refractivity contribution in [2.45, 2.75) is 51.7 Å². The number of aryl methyl sites for hydroxylation is 2. The number of amides is 1. The van der Waals surface area contributed by atoms with Crippen LogP contribution in [0.4, 0.5) is 0 Å². The molecule has 2 aromatic rings. The van der Waals surface area contributed by atoms with Crippen LogP contribution in [0.2, 0.25) is 0 Å². The summed E-state index contributed by atoms with van der Waals surface area (Å²) in [5.41, 5.74) is 2.23. The third kappa shape index (κ3) is 2.63. The van der Waals surface area contributed by atoms with E-state index in [1.807, 2.05) is 6.92 Å². The Morgan fingerprint density at radius 2 is 2.14 bits per heavy atom. The predicted molar refractivity (Wildman–Crippen MR) is 77.0 cm³/mol. The molecule has 3 rings (SSSR count). The standard InChI is InChI=1S/C15H19N3O3/c1-8-7-10(13-9(2)18-21-15(13)16-8)14(20)17-11-5-3-4-6-12(11)19/h7,11-12,19H,3-6H2,1-2H3,(H,17,20)/t11-,12-/m1/s1. The van der Waals surface area contributed by atoms with E-state index in [4.69, 9.17) is 4.52 Å². The molecule has 2 heterocycles. The maximum atomic E-state index is 12.6. The molecular formula is C15H19N3O3. The van der Waals surface area contributed by atoms with Crippen LogP contribution in [-0.2, 0) is 0 Å². The zero-order valence-electron chi connectivity index (χ0n) is 12.2. The van der Waals surface area contributed by atoms with Crippen molar-refractivity contribution in [2.75, 3.05) is 0 Å². The third-order valence-electron chi connectivity index (χ3n) is 4.04. The lowest BCUT2D eigenvalue weighted by molar-refractivity contribution is 0.0718. The van der Waals surface area contributed by atoms with Crippen LogP contribution in [0.1, 0.15) is 47.4 Å². The largest absolute Gasteiger partial charge is 0.391 e. The number of aliphatic hydroxyl groups is 1. The van der Waals surface area contributed by atoms with Gasteiger partial charge in [0.05, 0.1) is 28.8 Å². The van der Waals surface area contributed by atoms with E-state index in [0.717, 1.165) is 25.7 Å². The summed E-state index contributed by atoms with van der Waals surface area (Å²) in [4.78, 5) is 16.8. The highest BCUT2D eigenvalue weighted by Crippen LogP contribution is 2.23. The maximum absolute atomic E-state index is 12.6. The summed E-state index contributed by atoms with van der Waals surface area (Å²) in [6.45, 7) is 3.60. The highest BCUT2D eigenvalue weighted by Gasteiger charge is 2.26. The molecule has 1 saturated carbocycles. The molecule has 0 radical (unpaired) electrons. The zero-order valence-corrected chi connectivity index (χ0v) is 12.2. The molecule has 0 aliphatic heterocycles. The van der Waals surface area contributed by atoms with Gasteiger partial charge in [0, 0.05) is 5.69 Å². The quantitative estimate of drug-likeness (QED) is 0.881. The molecule has 1 aliphatic carbocycles. The van der Waals surface area contributed by atoms with Gasteiger partial charge in [0.2, 0.25) is 0 Å². The number of carbonyl (C=O) groups is 1. The highest BCUT2D eigenvalue weighted by molar-refractivity contribution is 6.06. The number of aromatic nitrogens is 2. The summed E-state index contributed by atoms with van der Waals surface area (Å²) in [7, 11) is 0. The van der Waals surface area contributed by atoms with E-state index in [-0.39, 0.29) is 11.9 Å². The Bertz CT molecular complexity index is 680. The molecule has 0 bridgehead atoms. The molecular weight excluding hydrogens is 270 g/mol. The van der Waals surface area contributed by atoms with Crippen LogP contribution in [-0.4, -0.2) is 33.3 Å². The number of fused-ring (bicyclic) bond motifs is 1. The van der Waals surface area contributed by atoms with Gasteiger partial charge in [0.25, 0.3) is 11.6 Å². The van der Waals surface area contributed by atoms with Crippen LogP contribution in [0.5, 0.6) is 0 Å². The molecule has 0 spiro atoms. The minimum Gasteiger partial charge on any atom is -0.391 e. The van der Waals surface area contributed by atoms with Gasteiger partial charge in [0.1, 0.15) is 0 Å². The molecule has 6 heteroatoms. The number of nitrogens with zero attached hydrogens (tertiary/aromatic N) is 2. The first-order valence-corrected chi connectivity index (χ1v) is 7.29. The van der Waals surface area contributed by atoms with Gasteiger partial charge in [0.15, 0.2) is 0 Å². The monoisotopic (exact) mass is 289 g/mol. The first-order valence-electron chi connectivity index (χ1n) is 7.29. The van der Waals surface area contributed by atoms with E-state index in [1.165, 1.54) is 0 Å². The topological polar surface area (TPSA) is 88.2 Å². The van der Waals surface area contributed by atoms with E-state index in [0.29, 0.717) is 28.1 Å². The number of rotatable bonds is 2. The lowest BCUT2D eigenvalue weighted by Crippen LogP contribution is -2.45. The number of hydrogen-bond acceptors (Lipinski definition) is 5. The molecule has 0 unspecified atom stereocenters. The van der Waals surface area contributed by atoms with Crippen molar-refractivity contribution in [3.8, 4) is 0 Å². The van der Waals surface area contributed by atoms with E-state index in [2.05, 4.69) is 15.5 Å². The minimum absolute atomic E-state index is 0.185. The van der Waals surface area contributed by atoms with Crippen molar-refractivity contribution in [3.05, 3.63) is 23.0 Å². The van der Waals surface area contributed by atoms with Crippen molar-refractivity contribution >= 4 is 17.0 Å². The first kappa shape index (κ1) is 14.0. The fourth-order valence-corrected chi connectivity index (χ4v) is 2.92. The van der Waals surface area contributed by atoms with Crippen molar-refractivity contribution < 1.29 is 14.4 Å². The van der Waals surface area contributed by atoms with Gasteiger partial charge in [-0.1, -0.05) is 18.0 Å². The van der Waals surface area contributed by atoms with Crippen LogP contribution < -0.4 is 5.32 Å². The van der Waals surface area contributed by atoms with Crippen LogP contribution >= 0.6 is 0 Å². The molecule has 2 N–H and O–H groups in total. The summed E-state index contributed by atoms with van der Waals surface area (Å²) < 4.78 is 5.14. The summed E-state index contributed by atoms with van der Waals surface area (Å²) in [6, 6.07) is 1.55. The van der Waals surface area contributed by atoms with Crippen molar-refractivity contribution in [1.82, 2.24) is 15.5 Å². The summed E-state index contributed by atoms with van der Waals surface area (Å²) in [5, 5.41) is 17.4. The Labute approximate surface area is 122 Å². The molecule has 0 saturated heterocycles. The first-order chi connectivity index (χ1) is 10.1. The predicted octanol–water partition coefficient (Wildman–Crippen LogP) is 1.87. The van der Waals surface area contributed by atoms with Crippen molar-refractivity contribution in [3.63, 3.8) is 0 Å². The average molecular weight is 289 g/mol. The number of aliphatic hydroxyl groups excluding tert-OH is 1. The molecule has 112 valence electrons. The molecule has 6 nitrogen and oxygen atoms in total. The van der Waals surface area contributed by atoms with E-state index in [1.54, 1.807) is 13.0 Å². The van der Waals surface area contributed by atoms with Crippen LogP contribution in [0.25, 0.3) is 11.1 Å². The fraction of sp³-hybridized carbons (Fsp3) is 0.533. The lowest BCUT2D eigenvalue weighted by Gasteiger charge is -2.28. The molecule has 0 aromatic carbocycles. The Morgan fingerprint density at radius 1 is 1.38 bits per heavy atom. The number of pyridine rings is 1. The van der Waals surface area contributed by atoms with Gasteiger partial charge in [-0.3, -0.25) is 4.79 Å². The Hall–Kier alpha value is -1.95. The summed E-state index contributed by atoms with van der Waals surface area (Å²) in [5.74, 6) is -0.206. The van der Waals surface area contributed by atoms with Gasteiger partial charge >= 0.3 is 0 Å². The number of carbonyl (C=O) groups excluding carboxylic acids is 1. The van der Waals surface area contributed by atoms with E-state index >= 15 is 0 Å². The molecule has 1 aliphatic rings. The van der Waals surface area contributed by atoms with Gasteiger partial charge in [-0.15, -0.1) is 0 Å².